The van der Waals surface area contributed by atoms with Crippen LogP contribution in [0.4, 0.5) is 0 Å². The second kappa shape index (κ2) is 6.55. The summed E-state index contributed by atoms with van der Waals surface area (Å²) < 4.78 is 0. The molecule has 1 N–H and O–H groups in total. The van der Waals surface area contributed by atoms with Crippen molar-refractivity contribution in [2.75, 3.05) is 19.6 Å². The molecule has 3 nitrogen and oxygen atoms in total. The van der Waals surface area contributed by atoms with E-state index in [0.29, 0.717) is 5.91 Å². The van der Waals surface area contributed by atoms with E-state index >= 15 is 0 Å². The number of nitrogens with zero attached hydrogens (tertiary/aromatic N) is 1. The lowest BCUT2D eigenvalue weighted by Gasteiger charge is -2.29. The van der Waals surface area contributed by atoms with Crippen molar-refractivity contribution in [1.29, 1.82) is 0 Å². The van der Waals surface area contributed by atoms with E-state index in [9.17, 15) is 4.79 Å². The number of amides is 1. The summed E-state index contributed by atoms with van der Waals surface area (Å²) in [5, 5.41) is 3.38. The minimum atomic E-state index is 0.106. The van der Waals surface area contributed by atoms with Gasteiger partial charge in [0.05, 0.1) is 6.04 Å². The predicted octanol–water partition coefficient (Wildman–Crippen LogP) is 2.41. The molecule has 2 rings (SSSR count). The molecule has 3 heteroatoms. The predicted molar refractivity (Wildman–Crippen MR) is 74.4 cm³/mol. The highest BCUT2D eigenvalue weighted by Crippen LogP contribution is 2.25. The molecule has 1 amide bonds. The maximum atomic E-state index is 12.4. The van der Waals surface area contributed by atoms with Gasteiger partial charge in [0.1, 0.15) is 0 Å². The molecule has 104 valence electrons. The van der Waals surface area contributed by atoms with Gasteiger partial charge in [0, 0.05) is 13.1 Å². The van der Waals surface area contributed by atoms with Gasteiger partial charge < -0.3 is 10.2 Å². The zero-order valence-electron chi connectivity index (χ0n) is 12.0. The van der Waals surface area contributed by atoms with Gasteiger partial charge in [-0.3, -0.25) is 4.79 Å². The maximum Gasteiger partial charge on any atom is 0.239 e. The molecule has 2 aliphatic rings. The number of hydrogen-bond donors (Lipinski definition) is 1. The van der Waals surface area contributed by atoms with E-state index in [0.717, 1.165) is 37.9 Å². The Morgan fingerprint density at radius 2 is 1.94 bits per heavy atom. The van der Waals surface area contributed by atoms with Crippen LogP contribution >= 0.6 is 0 Å². The fourth-order valence-electron chi connectivity index (χ4n) is 3.29. The number of hydrogen-bond acceptors (Lipinski definition) is 2. The van der Waals surface area contributed by atoms with Gasteiger partial charge in [0.15, 0.2) is 0 Å². The van der Waals surface area contributed by atoms with E-state index in [2.05, 4.69) is 24.1 Å². The Hall–Kier alpha value is -0.570. The van der Waals surface area contributed by atoms with Crippen LogP contribution in [0.3, 0.4) is 0 Å². The monoisotopic (exact) mass is 252 g/mol. The molecule has 2 unspecified atom stereocenters. The molecular weight excluding hydrogens is 224 g/mol. The zero-order chi connectivity index (χ0) is 13.0. The summed E-state index contributed by atoms with van der Waals surface area (Å²) in [5.41, 5.74) is 0. The Labute approximate surface area is 111 Å². The molecule has 2 aliphatic heterocycles. The molecule has 2 fully saturated rings. The highest BCUT2D eigenvalue weighted by Gasteiger charge is 2.28. The molecule has 18 heavy (non-hydrogen) atoms. The number of rotatable bonds is 2. The average Bonchev–Trinajstić information content (AvgIpc) is 2.64. The molecule has 2 atom stereocenters. The van der Waals surface area contributed by atoms with Crippen LogP contribution in [0.25, 0.3) is 0 Å². The first-order valence-corrected chi connectivity index (χ1v) is 7.70. The third-order valence-corrected chi connectivity index (χ3v) is 4.64. The molecule has 0 aromatic heterocycles. The Balaban J connectivity index is 1.86. The van der Waals surface area contributed by atoms with E-state index in [1.807, 2.05) is 0 Å². The lowest BCUT2D eigenvalue weighted by molar-refractivity contribution is -0.134. The summed E-state index contributed by atoms with van der Waals surface area (Å²) >= 11 is 0. The van der Waals surface area contributed by atoms with E-state index in [1.165, 1.54) is 32.1 Å². The Kier molecular flexibility index (Phi) is 5.04. The van der Waals surface area contributed by atoms with Crippen LogP contribution in [0, 0.1) is 11.8 Å². The second-order valence-electron chi connectivity index (χ2n) is 6.26. The molecule has 2 heterocycles. The molecule has 0 saturated carbocycles. The maximum absolute atomic E-state index is 12.4. The number of likely N-dealkylation sites (tertiary alicyclic amines) is 1. The number of nitrogens with one attached hydrogen (secondary N) is 1. The Bertz CT molecular complexity index is 272. The summed E-state index contributed by atoms with van der Waals surface area (Å²) in [7, 11) is 0. The van der Waals surface area contributed by atoms with Crippen LogP contribution in [-0.4, -0.2) is 36.5 Å². The standard InChI is InChI=1S/C15H28N2O/c1-12(2)13-6-5-10-17(11-8-13)15(18)14-7-3-4-9-16-14/h12-14,16H,3-11H2,1-2H3. The van der Waals surface area contributed by atoms with Crippen molar-refractivity contribution in [3.05, 3.63) is 0 Å². The lowest BCUT2D eigenvalue weighted by Crippen LogP contribution is -2.48. The van der Waals surface area contributed by atoms with Crippen molar-refractivity contribution < 1.29 is 4.79 Å². The largest absolute Gasteiger partial charge is 0.341 e. The minimum absolute atomic E-state index is 0.106. The normalized spacial score (nSPS) is 30.3. The van der Waals surface area contributed by atoms with Gasteiger partial charge in [-0.2, -0.15) is 0 Å². The number of carbonyl (C=O) groups is 1. The molecule has 0 aliphatic carbocycles. The van der Waals surface area contributed by atoms with Crippen molar-refractivity contribution in [3.63, 3.8) is 0 Å². The average molecular weight is 252 g/mol. The molecule has 0 bridgehead atoms. The summed E-state index contributed by atoms with van der Waals surface area (Å²) in [5.74, 6) is 1.93. The number of piperidine rings is 1. The minimum Gasteiger partial charge on any atom is -0.341 e. The van der Waals surface area contributed by atoms with Crippen molar-refractivity contribution in [3.8, 4) is 0 Å². The third kappa shape index (κ3) is 3.47. The van der Waals surface area contributed by atoms with Crippen LogP contribution in [0.1, 0.15) is 52.4 Å². The fraction of sp³-hybridized carbons (Fsp3) is 0.933. The van der Waals surface area contributed by atoms with Crippen LogP contribution in [-0.2, 0) is 4.79 Å². The first-order valence-electron chi connectivity index (χ1n) is 7.70. The third-order valence-electron chi connectivity index (χ3n) is 4.64. The summed E-state index contributed by atoms with van der Waals surface area (Å²) in [6, 6.07) is 0.106. The highest BCUT2D eigenvalue weighted by molar-refractivity contribution is 5.82. The van der Waals surface area contributed by atoms with Crippen LogP contribution in [0.2, 0.25) is 0 Å². The lowest BCUT2D eigenvalue weighted by atomic mass is 9.89. The van der Waals surface area contributed by atoms with Crippen LogP contribution in [0.5, 0.6) is 0 Å². The van der Waals surface area contributed by atoms with Gasteiger partial charge in [-0.25, -0.2) is 0 Å². The van der Waals surface area contributed by atoms with Gasteiger partial charge in [-0.05, 0) is 50.5 Å². The Morgan fingerprint density at radius 1 is 1.11 bits per heavy atom. The van der Waals surface area contributed by atoms with E-state index in [-0.39, 0.29) is 6.04 Å². The quantitative estimate of drug-likeness (QED) is 0.818. The van der Waals surface area contributed by atoms with Gasteiger partial charge >= 0.3 is 0 Å². The van der Waals surface area contributed by atoms with Gasteiger partial charge in [0.2, 0.25) is 5.91 Å². The summed E-state index contributed by atoms with van der Waals surface area (Å²) in [4.78, 5) is 14.6. The first kappa shape index (κ1) is 13.9. The summed E-state index contributed by atoms with van der Waals surface area (Å²) in [6.45, 7) is 7.58. The number of carbonyl (C=O) groups excluding carboxylic acids is 1. The smallest absolute Gasteiger partial charge is 0.239 e. The van der Waals surface area contributed by atoms with Gasteiger partial charge in [-0.15, -0.1) is 0 Å². The van der Waals surface area contributed by atoms with Crippen LogP contribution < -0.4 is 5.32 Å². The van der Waals surface area contributed by atoms with Gasteiger partial charge in [0.25, 0.3) is 0 Å². The van der Waals surface area contributed by atoms with Crippen molar-refractivity contribution in [1.82, 2.24) is 10.2 Å². The van der Waals surface area contributed by atoms with Crippen molar-refractivity contribution in [2.45, 2.75) is 58.4 Å². The van der Waals surface area contributed by atoms with Gasteiger partial charge in [-0.1, -0.05) is 20.3 Å². The molecule has 0 radical (unpaired) electrons. The SMILES string of the molecule is CC(C)C1CCCN(C(=O)C2CCCCN2)CC1. The molecule has 0 aromatic rings. The second-order valence-corrected chi connectivity index (χ2v) is 6.26. The Morgan fingerprint density at radius 3 is 2.61 bits per heavy atom. The first-order chi connectivity index (χ1) is 8.68. The molecule has 2 saturated heterocycles. The highest BCUT2D eigenvalue weighted by atomic mass is 16.2. The molecule has 0 spiro atoms. The van der Waals surface area contributed by atoms with E-state index in [4.69, 9.17) is 0 Å². The van der Waals surface area contributed by atoms with E-state index < -0.39 is 0 Å². The van der Waals surface area contributed by atoms with E-state index in [1.54, 1.807) is 0 Å². The summed E-state index contributed by atoms with van der Waals surface area (Å²) in [6.07, 6.45) is 7.12. The van der Waals surface area contributed by atoms with Crippen molar-refractivity contribution >= 4 is 5.91 Å². The fourth-order valence-corrected chi connectivity index (χ4v) is 3.29. The van der Waals surface area contributed by atoms with Crippen molar-refractivity contribution in [2.24, 2.45) is 11.8 Å². The topological polar surface area (TPSA) is 32.3 Å². The molecule has 0 aromatic carbocycles. The zero-order valence-corrected chi connectivity index (χ0v) is 12.0. The molecular formula is C15H28N2O. The van der Waals surface area contributed by atoms with Crippen LogP contribution in [0.15, 0.2) is 0 Å².